The number of aromatic nitrogens is 4. The van der Waals surface area contributed by atoms with E-state index in [2.05, 4.69) is 15.1 Å². The van der Waals surface area contributed by atoms with Gasteiger partial charge < -0.3 is 15.2 Å². The third kappa shape index (κ3) is 2.57. The van der Waals surface area contributed by atoms with Gasteiger partial charge in [0.05, 0.1) is 24.3 Å². The largest absolute Gasteiger partial charge is 0.383 e. The zero-order valence-corrected chi connectivity index (χ0v) is 10.8. The van der Waals surface area contributed by atoms with E-state index < -0.39 is 0 Å². The maximum Gasteiger partial charge on any atom is 0.163 e. The molecule has 0 saturated carbocycles. The molecule has 98 valence electrons. The van der Waals surface area contributed by atoms with Crippen molar-refractivity contribution in [2.24, 2.45) is 7.05 Å². The highest BCUT2D eigenvalue weighted by molar-refractivity contribution is 5.84. The lowest BCUT2D eigenvalue weighted by atomic mass is 10.4. The minimum absolute atomic E-state index is 0.0120. The molecule has 1 atom stereocenters. The maximum atomic E-state index is 5.85. The van der Waals surface area contributed by atoms with E-state index in [0.29, 0.717) is 30.5 Å². The van der Waals surface area contributed by atoms with Crippen LogP contribution in [0, 0.1) is 0 Å². The first-order valence-electron chi connectivity index (χ1n) is 5.66. The van der Waals surface area contributed by atoms with Crippen LogP contribution in [0.1, 0.15) is 12.7 Å². The summed E-state index contributed by atoms with van der Waals surface area (Å²) in [5.74, 6) is 0.970. The number of rotatable bonds is 5. The molecule has 0 bridgehead atoms. The number of ether oxygens (including phenoxy) is 2. The number of hydrogen-bond acceptors (Lipinski definition) is 6. The molecule has 2 rings (SSSR count). The Balaban J connectivity index is 2.16. The van der Waals surface area contributed by atoms with E-state index in [4.69, 9.17) is 15.2 Å². The molecule has 0 aliphatic carbocycles. The van der Waals surface area contributed by atoms with E-state index in [9.17, 15) is 0 Å². The number of fused-ring (bicyclic) bond motifs is 1. The summed E-state index contributed by atoms with van der Waals surface area (Å²) in [6, 6.07) is 0. The number of hydrogen-bond donors (Lipinski definition) is 1. The Morgan fingerprint density at radius 1 is 1.44 bits per heavy atom. The standard InChI is InChI=1S/C11H17N5O2/c1-7(5-17-3)18-6-9-14-10(12)8-4-13-16(2)11(8)15-9/h4,7H,5-6H2,1-3H3,(H2,12,14,15). The first-order chi connectivity index (χ1) is 8.61. The van der Waals surface area contributed by atoms with Crippen LogP contribution in [0.5, 0.6) is 0 Å². The molecule has 18 heavy (non-hydrogen) atoms. The number of nitrogens with two attached hydrogens (primary N) is 1. The van der Waals surface area contributed by atoms with Crippen LogP contribution in [-0.2, 0) is 23.1 Å². The lowest BCUT2D eigenvalue weighted by Gasteiger charge is -2.11. The summed E-state index contributed by atoms with van der Waals surface area (Å²) < 4.78 is 12.2. The Hall–Kier alpha value is -1.73. The number of nitrogen functional groups attached to an aromatic ring is 1. The lowest BCUT2D eigenvalue weighted by molar-refractivity contribution is -0.00260. The van der Waals surface area contributed by atoms with Gasteiger partial charge >= 0.3 is 0 Å². The highest BCUT2D eigenvalue weighted by Crippen LogP contribution is 2.16. The molecular weight excluding hydrogens is 234 g/mol. The molecule has 0 radical (unpaired) electrons. The van der Waals surface area contributed by atoms with Gasteiger partial charge in [0, 0.05) is 14.2 Å². The van der Waals surface area contributed by atoms with E-state index in [1.54, 1.807) is 18.0 Å². The Labute approximate surface area is 105 Å². The van der Waals surface area contributed by atoms with Crippen LogP contribution < -0.4 is 5.73 Å². The summed E-state index contributed by atoms with van der Waals surface area (Å²) in [6.07, 6.45) is 1.64. The summed E-state index contributed by atoms with van der Waals surface area (Å²) in [4.78, 5) is 8.57. The van der Waals surface area contributed by atoms with Crippen LogP contribution in [0.25, 0.3) is 11.0 Å². The monoisotopic (exact) mass is 251 g/mol. The van der Waals surface area contributed by atoms with E-state index in [1.807, 2.05) is 14.0 Å². The third-order valence-corrected chi connectivity index (χ3v) is 2.57. The zero-order valence-electron chi connectivity index (χ0n) is 10.8. The van der Waals surface area contributed by atoms with Gasteiger partial charge in [-0.1, -0.05) is 0 Å². The van der Waals surface area contributed by atoms with Crippen molar-refractivity contribution in [2.75, 3.05) is 19.5 Å². The highest BCUT2D eigenvalue weighted by Gasteiger charge is 2.10. The topological polar surface area (TPSA) is 88.1 Å². The molecule has 7 nitrogen and oxygen atoms in total. The van der Waals surface area contributed by atoms with Crippen LogP contribution in [0.3, 0.4) is 0 Å². The second-order valence-corrected chi connectivity index (χ2v) is 4.11. The predicted octanol–water partition coefficient (Wildman–Crippen LogP) is 0.497. The predicted molar refractivity (Wildman–Crippen MR) is 66.8 cm³/mol. The van der Waals surface area contributed by atoms with Crippen LogP contribution in [0.15, 0.2) is 6.20 Å². The molecule has 2 aromatic heterocycles. The fraction of sp³-hybridized carbons (Fsp3) is 0.545. The van der Waals surface area contributed by atoms with E-state index in [0.717, 1.165) is 5.39 Å². The molecular formula is C11H17N5O2. The molecule has 0 fully saturated rings. The molecule has 2 aromatic rings. The molecule has 0 saturated heterocycles. The van der Waals surface area contributed by atoms with Crippen LogP contribution in [0.2, 0.25) is 0 Å². The SMILES string of the molecule is COCC(C)OCc1nc(N)c2cnn(C)c2n1. The van der Waals surface area contributed by atoms with Crippen LogP contribution in [0.4, 0.5) is 5.82 Å². The van der Waals surface area contributed by atoms with Crippen LogP contribution >= 0.6 is 0 Å². The minimum atomic E-state index is -0.0120. The zero-order chi connectivity index (χ0) is 13.1. The average molecular weight is 251 g/mol. The Morgan fingerprint density at radius 2 is 2.22 bits per heavy atom. The van der Waals surface area contributed by atoms with Gasteiger partial charge in [-0.05, 0) is 6.92 Å². The number of aryl methyl sites for hydroxylation is 1. The summed E-state index contributed by atoms with van der Waals surface area (Å²) >= 11 is 0. The second-order valence-electron chi connectivity index (χ2n) is 4.11. The van der Waals surface area contributed by atoms with Gasteiger partial charge in [-0.15, -0.1) is 0 Å². The summed E-state index contributed by atoms with van der Waals surface area (Å²) in [5, 5.41) is 4.85. The number of nitrogens with zero attached hydrogens (tertiary/aromatic N) is 4. The third-order valence-electron chi connectivity index (χ3n) is 2.57. The van der Waals surface area contributed by atoms with Gasteiger partial charge in [0.15, 0.2) is 11.5 Å². The smallest absolute Gasteiger partial charge is 0.163 e. The normalized spacial score (nSPS) is 13.1. The van der Waals surface area contributed by atoms with Gasteiger partial charge in [0.25, 0.3) is 0 Å². The van der Waals surface area contributed by atoms with Crippen molar-refractivity contribution < 1.29 is 9.47 Å². The van der Waals surface area contributed by atoms with Gasteiger partial charge in [-0.25, -0.2) is 9.97 Å². The fourth-order valence-corrected chi connectivity index (χ4v) is 1.66. The highest BCUT2D eigenvalue weighted by atomic mass is 16.5. The molecule has 0 spiro atoms. The quantitative estimate of drug-likeness (QED) is 0.832. The van der Waals surface area contributed by atoms with Crippen LogP contribution in [-0.4, -0.2) is 39.6 Å². The lowest BCUT2D eigenvalue weighted by Crippen LogP contribution is -2.16. The molecule has 1 unspecified atom stereocenters. The maximum absolute atomic E-state index is 5.85. The van der Waals surface area contributed by atoms with Crippen molar-refractivity contribution in [3.63, 3.8) is 0 Å². The molecule has 0 aliphatic heterocycles. The van der Waals surface area contributed by atoms with Gasteiger partial charge in [-0.3, -0.25) is 4.68 Å². The second kappa shape index (κ2) is 5.28. The first-order valence-corrected chi connectivity index (χ1v) is 5.66. The first kappa shape index (κ1) is 12.7. The summed E-state index contributed by atoms with van der Waals surface area (Å²) in [7, 11) is 3.45. The molecule has 2 heterocycles. The van der Waals surface area contributed by atoms with Crippen molar-refractivity contribution in [1.29, 1.82) is 0 Å². The number of anilines is 1. The van der Waals surface area contributed by atoms with E-state index in [-0.39, 0.29) is 6.10 Å². The Morgan fingerprint density at radius 3 is 2.94 bits per heavy atom. The fourth-order valence-electron chi connectivity index (χ4n) is 1.66. The number of methoxy groups -OCH3 is 1. The minimum Gasteiger partial charge on any atom is -0.383 e. The van der Waals surface area contributed by atoms with Gasteiger partial charge in [-0.2, -0.15) is 5.10 Å². The Bertz CT molecular complexity index is 539. The average Bonchev–Trinajstić information content (AvgIpc) is 2.70. The van der Waals surface area contributed by atoms with Gasteiger partial charge in [0.2, 0.25) is 0 Å². The summed E-state index contributed by atoms with van der Waals surface area (Å²) in [6.45, 7) is 2.76. The van der Waals surface area contributed by atoms with E-state index >= 15 is 0 Å². The van der Waals surface area contributed by atoms with Crippen molar-refractivity contribution in [2.45, 2.75) is 19.6 Å². The molecule has 0 aromatic carbocycles. The van der Waals surface area contributed by atoms with Crippen molar-refractivity contribution in [3.05, 3.63) is 12.0 Å². The summed E-state index contributed by atoms with van der Waals surface area (Å²) in [5.41, 5.74) is 6.56. The molecule has 2 N–H and O–H groups in total. The Kier molecular flexibility index (Phi) is 3.73. The molecule has 0 amide bonds. The molecule has 7 heteroatoms. The molecule has 0 aliphatic rings. The van der Waals surface area contributed by atoms with Gasteiger partial charge in [0.1, 0.15) is 12.4 Å². The van der Waals surface area contributed by atoms with E-state index in [1.165, 1.54) is 0 Å². The van der Waals surface area contributed by atoms with Crippen molar-refractivity contribution in [3.8, 4) is 0 Å². The van der Waals surface area contributed by atoms with Crippen molar-refractivity contribution in [1.82, 2.24) is 19.7 Å². The van der Waals surface area contributed by atoms with Crippen molar-refractivity contribution >= 4 is 16.9 Å².